The average Bonchev–Trinajstić information content (AvgIpc) is 2.77. The first-order valence-corrected chi connectivity index (χ1v) is 7.01. The van der Waals surface area contributed by atoms with Gasteiger partial charge in [0.05, 0.1) is 25.0 Å². The summed E-state index contributed by atoms with van der Waals surface area (Å²) in [5.41, 5.74) is 4.76. The number of aryl methyl sites for hydroxylation is 3. The first-order valence-electron chi connectivity index (χ1n) is 7.01. The van der Waals surface area contributed by atoms with Crippen LogP contribution >= 0.6 is 0 Å². The molecule has 2 aromatic rings. The van der Waals surface area contributed by atoms with Gasteiger partial charge in [-0.3, -0.25) is 4.68 Å². The first-order chi connectivity index (χ1) is 10.0. The van der Waals surface area contributed by atoms with Gasteiger partial charge in [-0.15, -0.1) is 0 Å². The number of hydrogen-bond donors (Lipinski definition) is 1. The van der Waals surface area contributed by atoms with Crippen molar-refractivity contribution in [2.45, 2.75) is 27.3 Å². The first kappa shape index (κ1) is 15.1. The van der Waals surface area contributed by atoms with Crippen molar-refractivity contribution in [2.75, 3.05) is 11.9 Å². The summed E-state index contributed by atoms with van der Waals surface area (Å²) in [4.78, 5) is 11.9. The van der Waals surface area contributed by atoms with E-state index in [0.717, 1.165) is 11.4 Å². The number of nitrogens with one attached hydrogen (secondary N) is 1. The summed E-state index contributed by atoms with van der Waals surface area (Å²) in [5, 5.41) is 7.48. The number of rotatable bonds is 5. The lowest BCUT2D eigenvalue weighted by Crippen LogP contribution is -2.12. The molecule has 112 valence electrons. The van der Waals surface area contributed by atoms with E-state index < -0.39 is 0 Å². The Labute approximate surface area is 124 Å². The van der Waals surface area contributed by atoms with Gasteiger partial charge in [-0.1, -0.05) is 6.07 Å². The molecule has 0 aliphatic heterocycles. The summed E-state index contributed by atoms with van der Waals surface area (Å²) in [6.45, 7) is 6.80. The van der Waals surface area contributed by atoms with Crippen molar-refractivity contribution in [3.63, 3.8) is 0 Å². The van der Waals surface area contributed by atoms with Crippen molar-refractivity contribution in [2.24, 2.45) is 7.05 Å². The van der Waals surface area contributed by atoms with Crippen LogP contribution in [0, 0.1) is 13.8 Å². The number of benzene rings is 1. The van der Waals surface area contributed by atoms with E-state index in [-0.39, 0.29) is 5.97 Å². The molecule has 0 radical (unpaired) electrons. The Balaban J connectivity index is 2.16. The third-order valence-electron chi connectivity index (χ3n) is 3.24. The second-order valence-corrected chi connectivity index (χ2v) is 5.08. The Morgan fingerprint density at radius 1 is 1.29 bits per heavy atom. The Bertz CT molecular complexity index is 627. The number of esters is 1. The Kier molecular flexibility index (Phi) is 4.62. The second kappa shape index (κ2) is 6.43. The van der Waals surface area contributed by atoms with Crippen LogP contribution < -0.4 is 5.32 Å². The van der Waals surface area contributed by atoms with E-state index in [2.05, 4.69) is 42.5 Å². The molecule has 5 heteroatoms. The summed E-state index contributed by atoms with van der Waals surface area (Å²) < 4.78 is 6.75. The molecule has 21 heavy (non-hydrogen) atoms. The zero-order chi connectivity index (χ0) is 15.4. The summed E-state index contributed by atoms with van der Waals surface area (Å²) in [6, 6.07) is 6.28. The quantitative estimate of drug-likeness (QED) is 0.859. The fraction of sp³-hybridized carbons (Fsp3) is 0.375. The van der Waals surface area contributed by atoms with Crippen LogP contribution in [-0.4, -0.2) is 22.4 Å². The highest BCUT2D eigenvalue weighted by Crippen LogP contribution is 2.16. The molecule has 0 atom stereocenters. The number of aromatic nitrogens is 2. The highest BCUT2D eigenvalue weighted by molar-refractivity contribution is 5.90. The third kappa shape index (κ3) is 3.62. The van der Waals surface area contributed by atoms with E-state index in [0.29, 0.717) is 18.7 Å². The molecule has 1 heterocycles. The molecule has 0 saturated heterocycles. The Hall–Kier alpha value is -2.30. The van der Waals surface area contributed by atoms with E-state index in [1.807, 2.05) is 7.05 Å². The number of carbonyl (C=O) groups is 1. The number of hydrogen-bond acceptors (Lipinski definition) is 4. The van der Waals surface area contributed by atoms with Gasteiger partial charge in [0.2, 0.25) is 0 Å². The molecular formula is C16H21N3O2. The maximum Gasteiger partial charge on any atom is 0.341 e. The zero-order valence-electron chi connectivity index (χ0n) is 12.9. The Morgan fingerprint density at radius 2 is 1.95 bits per heavy atom. The van der Waals surface area contributed by atoms with Gasteiger partial charge in [-0.25, -0.2) is 4.79 Å². The lowest BCUT2D eigenvalue weighted by atomic mass is 10.1. The van der Waals surface area contributed by atoms with Gasteiger partial charge in [-0.05, 0) is 44.0 Å². The molecule has 1 aromatic heterocycles. The normalized spacial score (nSPS) is 10.5. The fourth-order valence-electron chi connectivity index (χ4n) is 2.31. The van der Waals surface area contributed by atoms with Gasteiger partial charge in [0.25, 0.3) is 0 Å². The van der Waals surface area contributed by atoms with Gasteiger partial charge >= 0.3 is 5.97 Å². The maximum atomic E-state index is 11.9. The number of nitrogens with zero attached hydrogens (tertiary/aromatic N) is 2. The molecule has 1 aromatic carbocycles. The van der Waals surface area contributed by atoms with Crippen molar-refractivity contribution in [3.8, 4) is 0 Å². The molecule has 2 rings (SSSR count). The topological polar surface area (TPSA) is 56.1 Å². The summed E-state index contributed by atoms with van der Waals surface area (Å²) in [5.74, 6) is -0.331. The predicted octanol–water partition coefficient (Wildman–Crippen LogP) is 2.83. The van der Waals surface area contributed by atoms with Crippen LogP contribution in [0.2, 0.25) is 0 Å². The van der Waals surface area contributed by atoms with Gasteiger partial charge in [-0.2, -0.15) is 5.10 Å². The van der Waals surface area contributed by atoms with Gasteiger partial charge < -0.3 is 10.1 Å². The largest absolute Gasteiger partial charge is 0.462 e. The van der Waals surface area contributed by atoms with Crippen molar-refractivity contribution < 1.29 is 9.53 Å². The molecular weight excluding hydrogens is 266 g/mol. The summed E-state index contributed by atoms with van der Waals surface area (Å²) in [6.07, 6.45) is 1.55. The van der Waals surface area contributed by atoms with E-state index in [1.54, 1.807) is 17.8 Å². The SMILES string of the molecule is CCOC(=O)c1cnn(C)c1CNc1cc(C)cc(C)c1. The highest BCUT2D eigenvalue weighted by Gasteiger charge is 2.16. The molecule has 0 unspecified atom stereocenters. The van der Waals surface area contributed by atoms with Crippen LogP contribution in [-0.2, 0) is 18.3 Å². The van der Waals surface area contributed by atoms with Crippen molar-refractivity contribution in [1.29, 1.82) is 0 Å². The fourth-order valence-corrected chi connectivity index (χ4v) is 2.31. The van der Waals surface area contributed by atoms with E-state index in [9.17, 15) is 4.79 Å². The summed E-state index contributed by atoms with van der Waals surface area (Å²) in [7, 11) is 1.82. The minimum absolute atomic E-state index is 0.331. The molecule has 0 saturated carbocycles. The van der Waals surface area contributed by atoms with Crippen molar-refractivity contribution >= 4 is 11.7 Å². The van der Waals surface area contributed by atoms with Gasteiger partial charge in [0.1, 0.15) is 5.56 Å². The van der Waals surface area contributed by atoms with Crippen molar-refractivity contribution in [3.05, 3.63) is 46.8 Å². The molecule has 0 bridgehead atoms. The molecule has 0 spiro atoms. The van der Waals surface area contributed by atoms with Crippen LogP contribution in [0.3, 0.4) is 0 Å². The van der Waals surface area contributed by atoms with E-state index in [1.165, 1.54) is 11.1 Å². The highest BCUT2D eigenvalue weighted by atomic mass is 16.5. The molecule has 1 N–H and O–H groups in total. The molecule has 5 nitrogen and oxygen atoms in total. The van der Waals surface area contributed by atoms with Crippen LogP contribution in [0.5, 0.6) is 0 Å². The maximum absolute atomic E-state index is 11.9. The number of anilines is 1. The average molecular weight is 287 g/mol. The molecule has 0 aliphatic rings. The smallest absolute Gasteiger partial charge is 0.341 e. The minimum atomic E-state index is -0.331. The second-order valence-electron chi connectivity index (χ2n) is 5.08. The van der Waals surface area contributed by atoms with Crippen LogP contribution in [0.1, 0.15) is 34.1 Å². The molecule has 0 fully saturated rings. The van der Waals surface area contributed by atoms with Crippen LogP contribution in [0.25, 0.3) is 0 Å². The zero-order valence-corrected chi connectivity index (χ0v) is 12.9. The standard InChI is InChI=1S/C16H21N3O2/c1-5-21-16(20)14-9-18-19(4)15(14)10-17-13-7-11(2)6-12(3)8-13/h6-9,17H,5,10H2,1-4H3. The van der Waals surface area contributed by atoms with Crippen LogP contribution in [0.4, 0.5) is 5.69 Å². The molecule has 0 amide bonds. The number of ether oxygens (including phenoxy) is 1. The lowest BCUT2D eigenvalue weighted by molar-refractivity contribution is 0.0525. The van der Waals surface area contributed by atoms with Crippen LogP contribution in [0.15, 0.2) is 24.4 Å². The third-order valence-corrected chi connectivity index (χ3v) is 3.24. The van der Waals surface area contributed by atoms with Gasteiger partial charge in [0.15, 0.2) is 0 Å². The van der Waals surface area contributed by atoms with Gasteiger partial charge in [0, 0.05) is 12.7 Å². The predicted molar refractivity (Wildman–Crippen MR) is 82.4 cm³/mol. The van der Waals surface area contributed by atoms with E-state index >= 15 is 0 Å². The van der Waals surface area contributed by atoms with E-state index in [4.69, 9.17) is 4.74 Å². The Morgan fingerprint density at radius 3 is 2.57 bits per heavy atom. The number of carbonyl (C=O) groups excluding carboxylic acids is 1. The minimum Gasteiger partial charge on any atom is -0.462 e. The monoisotopic (exact) mass is 287 g/mol. The summed E-state index contributed by atoms with van der Waals surface area (Å²) >= 11 is 0. The molecule has 0 aliphatic carbocycles. The van der Waals surface area contributed by atoms with Crippen molar-refractivity contribution in [1.82, 2.24) is 9.78 Å². The lowest BCUT2D eigenvalue weighted by Gasteiger charge is -2.10.